The first-order chi connectivity index (χ1) is 13.2. The number of morpholine rings is 1. The molecule has 0 aliphatic carbocycles. The second-order valence-electron chi connectivity index (χ2n) is 6.19. The van der Waals surface area contributed by atoms with Crippen LogP contribution >= 0.6 is 11.8 Å². The van der Waals surface area contributed by atoms with E-state index in [2.05, 4.69) is 10.2 Å². The molecule has 8 heteroatoms. The van der Waals surface area contributed by atoms with Crippen LogP contribution in [0.1, 0.15) is 10.8 Å². The molecule has 0 bridgehead atoms. The Balaban J connectivity index is 1.63. The van der Waals surface area contributed by atoms with E-state index in [0.29, 0.717) is 43.0 Å². The normalized spacial score (nSPS) is 15.7. The maximum atomic E-state index is 13.2. The lowest BCUT2D eigenvalue weighted by atomic mass is 10.1. The Morgan fingerprint density at radius 3 is 2.59 bits per heavy atom. The Labute approximate surface area is 161 Å². The van der Waals surface area contributed by atoms with Gasteiger partial charge < -0.3 is 18.6 Å². The number of nitrogens with zero attached hydrogens (tertiary/aromatic N) is 4. The summed E-state index contributed by atoms with van der Waals surface area (Å²) >= 11 is 1.40. The third-order valence-corrected chi connectivity index (χ3v) is 5.72. The van der Waals surface area contributed by atoms with Crippen molar-refractivity contribution in [3.63, 3.8) is 0 Å². The van der Waals surface area contributed by atoms with E-state index in [9.17, 15) is 4.79 Å². The van der Waals surface area contributed by atoms with Gasteiger partial charge in [-0.05, 0) is 17.7 Å². The molecule has 1 amide bonds. The zero-order valence-electron chi connectivity index (χ0n) is 14.9. The summed E-state index contributed by atoms with van der Waals surface area (Å²) < 4.78 is 12.7. The van der Waals surface area contributed by atoms with Crippen LogP contribution in [0.15, 0.2) is 58.3 Å². The largest absolute Gasteiger partial charge is 0.461 e. The molecule has 7 nitrogen and oxygen atoms in total. The van der Waals surface area contributed by atoms with Gasteiger partial charge in [-0.15, -0.1) is 10.2 Å². The summed E-state index contributed by atoms with van der Waals surface area (Å²) in [7, 11) is 1.88. The number of thioether (sulfide) groups is 1. The average molecular weight is 384 g/mol. The van der Waals surface area contributed by atoms with Gasteiger partial charge >= 0.3 is 0 Å². The SMILES string of the molecule is Cn1c(S[C@H](C(=O)N2CCOCC2)c2ccccc2)nnc1-c1ccco1. The number of carbonyl (C=O) groups is 1. The van der Waals surface area contributed by atoms with Crippen molar-refractivity contribution < 1.29 is 13.9 Å². The molecule has 0 radical (unpaired) electrons. The van der Waals surface area contributed by atoms with Gasteiger partial charge in [-0.25, -0.2) is 0 Å². The highest BCUT2D eigenvalue weighted by Gasteiger charge is 2.30. The molecule has 4 rings (SSSR count). The topological polar surface area (TPSA) is 73.4 Å². The number of furan rings is 1. The molecule has 1 fully saturated rings. The van der Waals surface area contributed by atoms with Crippen LogP contribution in [-0.4, -0.2) is 51.9 Å². The summed E-state index contributed by atoms with van der Waals surface area (Å²) in [6, 6.07) is 13.4. The van der Waals surface area contributed by atoms with Crippen LogP contribution in [0.25, 0.3) is 11.6 Å². The number of rotatable bonds is 5. The van der Waals surface area contributed by atoms with Crippen molar-refractivity contribution in [1.29, 1.82) is 0 Å². The average Bonchev–Trinajstić information content (AvgIpc) is 3.37. The molecule has 0 N–H and O–H groups in total. The molecule has 27 heavy (non-hydrogen) atoms. The van der Waals surface area contributed by atoms with Crippen molar-refractivity contribution in [3.05, 3.63) is 54.3 Å². The van der Waals surface area contributed by atoms with E-state index >= 15 is 0 Å². The molecule has 1 atom stereocenters. The van der Waals surface area contributed by atoms with Gasteiger partial charge in [0.25, 0.3) is 0 Å². The van der Waals surface area contributed by atoms with E-state index < -0.39 is 5.25 Å². The Kier molecular flexibility index (Phi) is 5.26. The molecule has 0 spiro atoms. The van der Waals surface area contributed by atoms with Gasteiger partial charge in [0.1, 0.15) is 5.25 Å². The van der Waals surface area contributed by atoms with Gasteiger partial charge in [-0.2, -0.15) is 0 Å². The Morgan fingerprint density at radius 2 is 1.89 bits per heavy atom. The van der Waals surface area contributed by atoms with Gasteiger partial charge in [0.05, 0.1) is 19.5 Å². The molecule has 1 aromatic carbocycles. The van der Waals surface area contributed by atoms with Crippen LogP contribution in [0.2, 0.25) is 0 Å². The van der Waals surface area contributed by atoms with E-state index in [-0.39, 0.29) is 5.91 Å². The fourth-order valence-electron chi connectivity index (χ4n) is 2.98. The number of carbonyl (C=O) groups excluding carboxylic acids is 1. The highest BCUT2D eigenvalue weighted by Crippen LogP contribution is 2.37. The maximum Gasteiger partial charge on any atom is 0.240 e. The summed E-state index contributed by atoms with van der Waals surface area (Å²) in [6.45, 7) is 2.37. The van der Waals surface area contributed by atoms with Crippen LogP contribution in [-0.2, 0) is 16.6 Å². The first-order valence-corrected chi connectivity index (χ1v) is 9.63. The fraction of sp³-hybridized carbons (Fsp3) is 0.316. The van der Waals surface area contributed by atoms with Gasteiger partial charge in [0.15, 0.2) is 16.7 Å². The molecular formula is C19H20N4O3S. The maximum absolute atomic E-state index is 13.2. The minimum absolute atomic E-state index is 0.0667. The Morgan fingerprint density at radius 1 is 1.11 bits per heavy atom. The zero-order valence-corrected chi connectivity index (χ0v) is 15.8. The second kappa shape index (κ2) is 7.98. The highest BCUT2D eigenvalue weighted by molar-refractivity contribution is 8.00. The smallest absolute Gasteiger partial charge is 0.240 e. The van der Waals surface area contributed by atoms with E-state index in [1.807, 2.05) is 59.0 Å². The summed E-state index contributed by atoms with van der Waals surface area (Å²) in [5, 5.41) is 8.79. The lowest BCUT2D eigenvalue weighted by Crippen LogP contribution is -2.42. The third-order valence-electron chi connectivity index (χ3n) is 4.45. The number of hydrogen-bond donors (Lipinski definition) is 0. The molecule has 1 saturated heterocycles. The molecule has 0 saturated carbocycles. The van der Waals surface area contributed by atoms with Crippen molar-refractivity contribution in [2.45, 2.75) is 10.4 Å². The predicted octanol–water partition coefficient (Wildman–Crippen LogP) is 2.77. The van der Waals surface area contributed by atoms with Crippen molar-refractivity contribution in [3.8, 4) is 11.6 Å². The Hall–Kier alpha value is -2.58. The van der Waals surface area contributed by atoms with Crippen molar-refractivity contribution in [1.82, 2.24) is 19.7 Å². The molecular weight excluding hydrogens is 364 g/mol. The van der Waals surface area contributed by atoms with E-state index in [4.69, 9.17) is 9.15 Å². The quantitative estimate of drug-likeness (QED) is 0.630. The number of hydrogen-bond acceptors (Lipinski definition) is 6. The molecule has 1 aliphatic rings. The summed E-state index contributed by atoms with van der Waals surface area (Å²) in [5.41, 5.74) is 0.946. The van der Waals surface area contributed by atoms with E-state index in [0.717, 1.165) is 5.56 Å². The first kappa shape index (κ1) is 17.8. The summed E-state index contributed by atoms with van der Waals surface area (Å²) in [4.78, 5) is 15.1. The standard InChI is InChI=1S/C19H20N4O3S/c1-22-17(15-8-5-11-26-15)20-21-19(22)27-16(14-6-3-2-4-7-14)18(24)23-9-12-25-13-10-23/h2-8,11,16H,9-10,12-13H2,1H3/t16-/m0/s1. The molecule has 3 heterocycles. The first-order valence-electron chi connectivity index (χ1n) is 8.75. The minimum atomic E-state index is -0.392. The minimum Gasteiger partial charge on any atom is -0.461 e. The molecule has 0 unspecified atom stereocenters. The lowest BCUT2D eigenvalue weighted by Gasteiger charge is -2.30. The van der Waals surface area contributed by atoms with E-state index in [1.54, 1.807) is 6.26 Å². The number of aromatic nitrogens is 3. The van der Waals surface area contributed by atoms with Crippen LogP contribution < -0.4 is 0 Å². The van der Waals surface area contributed by atoms with Gasteiger partial charge in [0, 0.05) is 20.1 Å². The second-order valence-corrected chi connectivity index (χ2v) is 7.26. The van der Waals surface area contributed by atoms with Gasteiger partial charge in [0.2, 0.25) is 5.91 Å². The van der Waals surface area contributed by atoms with Crippen LogP contribution in [0.4, 0.5) is 0 Å². The molecule has 3 aromatic rings. The lowest BCUT2D eigenvalue weighted by molar-refractivity contribution is -0.134. The van der Waals surface area contributed by atoms with Gasteiger partial charge in [-0.3, -0.25) is 4.79 Å². The highest BCUT2D eigenvalue weighted by atomic mass is 32.2. The van der Waals surface area contributed by atoms with Crippen molar-refractivity contribution >= 4 is 17.7 Å². The number of amides is 1. The molecule has 140 valence electrons. The summed E-state index contributed by atoms with van der Waals surface area (Å²) in [6.07, 6.45) is 1.60. The third kappa shape index (κ3) is 3.77. The number of benzene rings is 1. The van der Waals surface area contributed by atoms with Crippen molar-refractivity contribution in [2.75, 3.05) is 26.3 Å². The predicted molar refractivity (Wildman–Crippen MR) is 101 cm³/mol. The molecule has 2 aromatic heterocycles. The van der Waals surface area contributed by atoms with Gasteiger partial charge in [-0.1, -0.05) is 42.1 Å². The fourth-order valence-corrected chi connectivity index (χ4v) is 4.07. The number of ether oxygens (including phenoxy) is 1. The van der Waals surface area contributed by atoms with Crippen LogP contribution in [0.5, 0.6) is 0 Å². The van der Waals surface area contributed by atoms with Crippen molar-refractivity contribution in [2.24, 2.45) is 7.05 Å². The van der Waals surface area contributed by atoms with Crippen LogP contribution in [0, 0.1) is 0 Å². The van der Waals surface area contributed by atoms with E-state index in [1.165, 1.54) is 11.8 Å². The zero-order chi connectivity index (χ0) is 18.6. The summed E-state index contributed by atoms with van der Waals surface area (Å²) in [5.74, 6) is 1.35. The Bertz CT molecular complexity index is 889. The molecule has 1 aliphatic heterocycles. The van der Waals surface area contributed by atoms with Crippen LogP contribution in [0.3, 0.4) is 0 Å². The monoisotopic (exact) mass is 384 g/mol.